The molecule has 0 atom stereocenters. The van der Waals surface area contributed by atoms with Gasteiger partial charge in [0.1, 0.15) is 5.75 Å². The fourth-order valence-electron chi connectivity index (χ4n) is 1.04. The molecule has 0 N–H and O–H groups in total. The number of benzene rings is 1. The van der Waals surface area contributed by atoms with Crippen molar-refractivity contribution in [2.24, 2.45) is 4.99 Å². The van der Waals surface area contributed by atoms with E-state index in [-0.39, 0.29) is 12.0 Å². The van der Waals surface area contributed by atoms with E-state index in [1.54, 1.807) is 24.3 Å². The Hall–Kier alpha value is -1.64. The number of hydrogen-bond donors (Lipinski definition) is 0. The Balaban J connectivity index is 2.78. The normalized spacial score (nSPS) is 9.93. The lowest BCUT2D eigenvalue weighted by Gasteiger charge is -2.09. The van der Waals surface area contributed by atoms with E-state index in [1.165, 1.54) is 0 Å². The summed E-state index contributed by atoms with van der Waals surface area (Å²) in [6, 6.07) is 6.85. The fourth-order valence-corrected chi connectivity index (χ4v) is 1.04. The third-order valence-corrected chi connectivity index (χ3v) is 1.62. The summed E-state index contributed by atoms with van der Waals surface area (Å²) in [6.45, 7) is 7.07. The van der Waals surface area contributed by atoms with Gasteiger partial charge in [-0.2, -0.15) is 0 Å². The first-order chi connectivity index (χ1) is 6.63. The summed E-state index contributed by atoms with van der Waals surface area (Å²) in [5, 5.41) is 0. The van der Waals surface area contributed by atoms with Gasteiger partial charge in [-0.3, -0.25) is 4.79 Å². The summed E-state index contributed by atoms with van der Waals surface area (Å²) in [5.74, 6) is 0.432. The van der Waals surface area contributed by atoms with Gasteiger partial charge in [-0.25, -0.2) is 4.99 Å². The van der Waals surface area contributed by atoms with Gasteiger partial charge in [0.05, 0.1) is 6.10 Å². The molecular formula is C11H13NO2. The minimum Gasteiger partial charge on any atom is -0.491 e. The third-order valence-electron chi connectivity index (χ3n) is 1.62. The molecule has 0 saturated carbocycles. The molecule has 3 heteroatoms. The van der Waals surface area contributed by atoms with E-state index < -0.39 is 0 Å². The maximum Gasteiger partial charge on any atom is 0.276 e. The molecule has 0 unspecified atom stereocenters. The van der Waals surface area contributed by atoms with Crippen LogP contribution in [-0.2, 0) is 0 Å². The van der Waals surface area contributed by atoms with E-state index in [1.807, 2.05) is 13.8 Å². The van der Waals surface area contributed by atoms with E-state index in [4.69, 9.17) is 4.74 Å². The molecular weight excluding hydrogens is 178 g/mol. The molecule has 0 bridgehead atoms. The first kappa shape index (κ1) is 10.4. The smallest absolute Gasteiger partial charge is 0.276 e. The van der Waals surface area contributed by atoms with Crippen molar-refractivity contribution in [3.8, 4) is 5.75 Å². The first-order valence-electron chi connectivity index (χ1n) is 4.41. The van der Waals surface area contributed by atoms with Crippen molar-refractivity contribution in [2.45, 2.75) is 20.0 Å². The summed E-state index contributed by atoms with van der Waals surface area (Å²) < 4.78 is 5.43. The number of amides is 1. The zero-order valence-electron chi connectivity index (χ0n) is 8.36. The third kappa shape index (κ3) is 2.69. The van der Waals surface area contributed by atoms with Crippen molar-refractivity contribution >= 4 is 12.6 Å². The predicted molar refractivity (Wildman–Crippen MR) is 56.1 cm³/mol. The maximum atomic E-state index is 11.1. The number of carbonyl (C=O) groups is 1. The molecule has 0 fully saturated rings. The lowest BCUT2D eigenvalue weighted by atomic mass is 10.2. The molecule has 0 spiro atoms. The second-order valence-electron chi connectivity index (χ2n) is 3.15. The minimum atomic E-state index is -0.318. The molecule has 1 aromatic rings. The Bertz CT molecular complexity index is 328. The van der Waals surface area contributed by atoms with Crippen LogP contribution in [0.4, 0.5) is 0 Å². The molecule has 1 amide bonds. The minimum absolute atomic E-state index is 0.133. The Kier molecular flexibility index (Phi) is 3.40. The zero-order chi connectivity index (χ0) is 10.6. The monoisotopic (exact) mass is 191 g/mol. The lowest BCUT2D eigenvalue weighted by molar-refractivity contribution is 0.100. The van der Waals surface area contributed by atoms with Crippen LogP contribution < -0.4 is 4.74 Å². The number of ether oxygens (including phenoxy) is 1. The van der Waals surface area contributed by atoms with Gasteiger partial charge < -0.3 is 4.74 Å². The van der Waals surface area contributed by atoms with Crippen molar-refractivity contribution in [3.63, 3.8) is 0 Å². The number of carbonyl (C=O) groups excluding carboxylic acids is 1. The Morgan fingerprint density at radius 3 is 2.36 bits per heavy atom. The van der Waals surface area contributed by atoms with Gasteiger partial charge in [0, 0.05) is 5.56 Å². The standard InChI is InChI=1S/C11H13NO2/c1-8(2)14-10-6-4-9(5-7-10)11(13)12-3/h4-8H,3H2,1-2H3. The maximum absolute atomic E-state index is 11.1. The molecule has 74 valence electrons. The van der Waals surface area contributed by atoms with E-state index in [2.05, 4.69) is 11.7 Å². The molecule has 0 radical (unpaired) electrons. The number of rotatable bonds is 3. The average molecular weight is 191 g/mol. The van der Waals surface area contributed by atoms with Crippen LogP contribution in [0.15, 0.2) is 29.3 Å². The Labute approximate surface area is 83.4 Å². The number of aliphatic imine (C=N–C) groups is 1. The average Bonchev–Trinajstić information content (AvgIpc) is 2.17. The second-order valence-corrected chi connectivity index (χ2v) is 3.15. The summed E-state index contributed by atoms with van der Waals surface area (Å²) in [4.78, 5) is 14.4. The van der Waals surface area contributed by atoms with Crippen LogP contribution in [0.5, 0.6) is 5.75 Å². The number of nitrogens with zero attached hydrogens (tertiary/aromatic N) is 1. The van der Waals surface area contributed by atoms with E-state index in [0.717, 1.165) is 5.75 Å². The van der Waals surface area contributed by atoms with E-state index >= 15 is 0 Å². The molecule has 0 saturated heterocycles. The first-order valence-corrected chi connectivity index (χ1v) is 4.41. The predicted octanol–water partition coefficient (Wildman–Crippen LogP) is 2.31. The van der Waals surface area contributed by atoms with Crippen LogP contribution in [0.25, 0.3) is 0 Å². The van der Waals surface area contributed by atoms with Crippen LogP contribution in [0, 0.1) is 0 Å². The van der Waals surface area contributed by atoms with Gasteiger partial charge in [0.25, 0.3) is 5.91 Å². The zero-order valence-corrected chi connectivity index (χ0v) is 8.36. The Morgan fingerprint density at radius 2 is 1.93 bits per heavy atom. The molecule has 1 aromatic carbocycles. The van der Waals surface area contributed by atoms with Gasteiger partial charge >= 0.3 is 0 Å². The second kappa shape index (κ2) is 4.56. The summed E-state index contributed by atoms with van der Waals surface area (Å²) in [6.07, 6.45) is 0.133. The summed E-state index contributed by atoms with van der Waals surface area (Å²) >= 11 is 0. The van der Waals surface area contributed by atoms with Gasteiger partial charge in [0.15, 0.2) is 0 Å². The fraction of sp³-hybridized carbons (Fsp3) is 0.273. The molecule has 14 heavy (non-hydrogen) atoms. The van der Waals surface area contributed by atoms with Crippen molar-refractivity contribution in [2.75, 3.05) is 0 Å². The molecule has 3 nitrogen and oxygen atoms in total. The molecule has 0 aliphatic heterocycles. The molecule has 0 aliphatic carbocycles. The Morgan fingerprint density at radius 1 is 1.36 bits per heavy atom. The highest BCUT2D eigenvalue weighted by molar-refractivity contribution is 5.97. The van der Waals surface area contributed by atoms with Crippen LogP contribution in [0.1, 0.15) is 24.2 Å². The van der Waals surface area contributed by atoms with Gasteiger partial charge in [-0.05, 0) is 44.8 Å². The van der Waals surface area contributed by atoms with Crippen LogP contribution in [0.2, 0.25) is 0 Å². The van der Waals surface area contributed by atoms with Crippen molar-refractivity contribution in [1.82, 2.24) is 0 Å². The van der Waals surface area contributed by atoms with Crippen LogP contribution in [0.3, 0.4) is 0 Å². The topological polar surface area (TPSA) is 38.7 Å². The number of hydrogen-bond acceptors (Lipinski definition) is 2. The highest BCUT2D eigenvalue weighted by atomic mass is 16.5. The van der Waals surface area contributed by atoms with Crippen molar-refractivity contribution in [1.29, 1.82) is 0 Å². The molecule has 0 heterocycles. The summed E-state index contributed by atoms with van der Waals surface area (Å²) in [7, 11) is 0. The SMILES string of the molecule is C=NC(=O)c1ccc(OC(C)C)cc1. The highest BCUT2D eigenvalue weighted by Gasteiger charge is 2.02. The van der Waals surface area contributed by atoms with Crippen molar-refractivity contribution in [3.05, 3.63) is 29.8 Å². The quantitative estimate of drug-likeness (QED) is 0.688. The molecule has 0 aromatic heterocycles. The molecule has 0 aliphatic rings. The van der Waals surface area contributed by atoms with Crippen LogP contribution in [-0.4, -0.2) is 18.7 Å². The van der Waals surface area contributed by atoms with Crippen molar-refractivity contribution < 1.29 is 9.53 Å². The van der Waals surface area contributed by atoms with E-state index in [9.17, 15) is 4.79 Å². The van der Waals surface area contributed by atoms with Crippen LogP contribution >= 0.6 is 0 Å². The largest absolute Gasteiger partial charge is 0.491 e. The lowest BCUT2D eigenvalue weighted by Crippen LogP contribution is -2.05. The highest BCUT2D eigenvalue weighted by Crippen LogP contribution is 2.14. The van der Waals surface area contributed by atoms with Gasteiger partial charge in [-0.1, -0.05) is 0 Å². The van der Waals surface area contributed by atoms with Gasteiger partial charge in [0.2, 0.25) is 0 Å². The van der Waals surface area contributed by atoms with Gasteiger partial charge in [-0.15, -0.1) is 0 Å². The summed E-state index contributed by atoms with van der Waals surface area (Å²) in [5.41, 5.74) is 0.524. The molecule has 1 rings (SSSR count). The van der Waals surface area contributed by atoms with E-state index in [0.29, 0.717) is 5.56 Å².